The number of benzene rings is 2. The number of ether oxygens (including phenoxy) is 4. The highest BCUT2D eigenvalue weighted by Gasteiger charge is 2.32. The van der Waals surface area contributed by atoms with E-state index in [4.69, 9.17) is 18.9 Å². The van der Waals surface area contributed by atoms with Gasteiger partial charge in [0.05, 0.1) is 32.5 Å². The van der Waals surface area contributed by atoms with Crippen LogP contribution in [0.4, 0.5) is 0 Å². The average Bonchev–Trinajstić information content (AvgIpc) is 3.16. The Hall–Kier alpha value is -3.23. The van der Waals surface area contributed by atoms with E-state index in [1.807, 2.05) is 0 Å². The minimum Gasteiger partial charge on any atom is -0.507 e. The molecule has 0 atom stereocenters. The first kappa shape index (κ1) is 22.9. The Bertz CT molecular complexity index is 1070. The maximum atomic E-state index is 13.1. The fraction of sp³-hybridized carbons (Fsp3) is 0.400. The summed E-state index contributed by atoms with van der Waals surface area (Å²) in [6.07, 6.45) is 1.63. The second kappa shape index (κ2) is 9.72. The van der Waals surface area contributed by atoms with Crippen LogP contribution in [-0.4, -0.2) is 74.7 Å². The Kier molecular flexibility index (Phi) is 6.76. The normalized spacial score (nSPS) is 17.7. The quantitative estimate of drug-likeness (QED) is 0.639. The predicted octanol–water partition coefficient (Wildman–Crippen LogP) is 3.17. The van der Waals surface area contributed by atoms with E-state index in [1.54, 1.807) is 37.5 Å². The van der Waals surface area contributed by atoms with Crippen molar-refractivity contribution in [1.29, 1.82) is 0 Å². The molecular formula is C25H30N2O6. The number of Topliss-reactive ketones (excluding diaryl/α,β-unsaturated/α-hetero) is 1. The molecule has 4 rings (SSSR count). The maximum absolute atomic E-state index is 13.1. The van der Waals surface area contributed by atoms with E-state index in [1.165, 1.54) is 14.2 Å². The number of carbonyl (C=O) groups is 1. The lowest BCUT2D eigenvalue weighted by Crippen LogP contribution is -2.45. The summed E-state index contributed by atoms with van der Waals surface area (Å²) in [6.45, 7) is 7.48. The van der Waals surface area contributed by atoms with Gasteiger partial charge in [-0.25, -0.2) is 0 Å². The second-order valence-electron chi connectivity index (χ2n) is 8.01. The highest BCUT2D eigenvalue weighted by atomic mass is 16.5. The van der Waals surface area contributed by atoms with Crippen molar-refractivity contribution in [2.45, 2.75) is 13.5 Å². The Balaban J connectivity index is 1.64. The van der Waals surface area contributed by atoms with Crippen LogP contribution in [0, 0.1) is 0 Å². The molecule has 1 saturated heterocycles. The zero-order valence-electron chi connectivity index (χ0n) is 19.5. The summed E-state index contributed by atoms with van der Waals surface area (Å²) in [4.78, 5) is 17.8. The van der Waals surface area contributed by atoms with Crippen LogP contribution in [0.3, 0.4) is 0 Å². The van der Waals surface area contributed by atoms with Gasteiger partial charge in [0.1, 0.15) is 11.5 Å². The molecular weight excluding hydrogens is 424 g/mol. The van der Waals surface area contributed by atoms with E-state index in [2.05, 4.69) is 16.7 Å². The van der Waals surface area contributed by atoms with Gasteiger partial charge in [-0.05, 0) is 36.9 Å². The first-order valence-electron chi connectivity index (χ1n) is 11.0. The lowest BCUT2D eigenvalue weighted by molar-refractivity contribution is 0.101. The number of piperazine rings is 1. The number of rotatable bonds is 7. The third kappa shape index (κ3) is 4.36. The molecule has 0 amide bonds. The van der Waals surface area contributed by atoms with Gasteiger partial charge in [-0.2, -0.15) is 0 Å². The van der Waals surface area contributed by atoms with Crippen LogP contribution in [0.1, 0.15) is 28.4 Å². The van der Waals surface area contributed by atoms with Crippen LogP contribution in [-0.2, 0) is 6.54 Å². The van der Waals surface area contributed by atoms with Crippen molar-refractivity contribution in [3.05, 3.63) is 46.7 Å². The highest BCUT2D eigenvalue weighted by Crippen LogP contribution is 2.43. The van der Waals surface area contributed by atoms with Crippen molar-refractivity contribution >= 4 is 11.9 Å². The van der Waals surface area contributed by atoms with Crippen LogP contribution < -0.4 is 18.9 Å². The van der Waals surface area contributed by atoms with Gasteiger partial charge in [-0.15, -0.1) is 0 Å². The van der Waals surface area contributed by atoms with Crippen LogP contribution >= 0.6 is 0 Å². The molecule has 0 radical (unpaired) electrons. The molecule has 33 heavy (non-hydrogen) atoms. The fourth-order valence-electron chi connectivity index (χ4n) is 4.32. The molecule has 2 aromatic rings. The van der Waals surface area contributed by atoms with Crippen molar-refractivity contribution in [2.24, 2.45) is 0 Å². The van der Waals surface area contributed by atoms with Crippen molar-refractivity contribution in [2.75, 3.05) is 54.1 Å². The van der Waals surface area contributed by atoms with E-state index in [0.29, 0.717) is 46.2 Å². The average molecular weight is 455 g/mol. The van der Waals surface area contributed by atoms with Crippen molar-refractivity contribution < 1.29 is 28.8 Å². The number of phenols is 1. The zero-order valence-corrected chi connectivity index (χ0v) is 19.5. The molecule has 0 saturated carbocycles. The van der Waals surface area contributed by atoms with Gasteiger partial charge in [0.25, 0.3) is 0 Å². The molecule has 8 heteroatoms. The van der Waals surface area contributed by atoms with Crippen LogP contribution in [0.5, 0.6) is 28.7 Å². The number of fused-ring (bicyclic) bond motifs is 1. The van der Waals surface area contributed by atoms with Gasteiger partial charge in [0.15, 0.2) is 17.3 Å². The van der Waals surface area contributed by atoms with Crippen LogP contribution in [0.15, 0.2) is 30.0 Å². The molecule has 2 aliphatic heterocycles. The molecule has 1 fully saturated rings. The van der Waals surface area contributed by atoms with E-state index in [-0.39, 0.29) is 17.3 Å². The number of carbonyl (C=O) groups excluding carboxylic acids is 1. The topological polar surface area (TPSA) is 80.7 Å². The molecule has 0 aliphatic carbocycles. The number of hydrogen-bond acceptors (Lipinski definition) is 8. The standard InChI is InChI=1S/C25H30N2O6/c1-5-26-10-12-27(13-11-26)15-18-19(28)8-7-17-22(29)21(33-24(17)18)14-16-6-9-20(30-2)25(32-4)23(16)31-3/h6-9,14,28H,5,10-13,15H2,1-4H3. The first-order chi connectivity index (χ1) is 16.0. The Morgan fingerprint density at radius 2 is 1.67 bits per heavy atom. The second-order valence-corrected chi connectivity index (χ2v) is 8.01. The monoisotopic (exact) mass is 454 g/mol. The largest absolute Gasteiger partial charge is 0.507 e. The minimum absolute atomic E-state index is 0.129. The smallest absolute Gasteiger partial charge is 0.231 e. The van der Waals surface area contributed by atoms with Crippen LogP contribution in [0.2, 0.25) is 0 Å². The number of hydrogen-bond donors (Lipinski definition) is 1. The van der Waals surface area contributed by atoms with Crippen molar-refractivity contribution in [3.8, 4) is 28.7 Å². The van der Waals surface area contributed by atoms with E-state index < -0.39 is 0 Å². The summed E-state index contributed by atoms with van der Waals surface area (Å²) in [5.74, 6) is 1.87. The number of phenolic OH excluding ortho intramolecular Hbond substituents is 1. The number of allylic oxidation sites excluding steroid dienone is 1. The minimum atomic E-state index is -0.237. The summed E-state index contributed by atoms with van der Waals surface area (Å²) in [7, 11) is 4.60. The van der Waals surface area contributed by atoms with Gasteiger partial charge in [-0.3, -0.25) is 9.69 Å². The summed E-state index contributed by atoms with van der Waals surface area (Å²) in [5, 5.41) is 10.6. The van der Waals surface area contributed by atoms with Gasteiger partial charge >= 0.3 is 0 Å². The molecule has 1 N–H and O–H groups in total. The Morgan fingerprint density at radius 1 is 0.970 bits per heavy atom. The Morgan fingerprint density at radius 3 is 2.30 bits per heavy atom. The molecule has 0 bridgehead atoms. The van der Waals surface area contributed by atoms with Gasteiger partial charge in [0, 0.05) is 38.3 Å². The van der Waals surface area contributed by atoms with Crippen LogP contribution in [0.25, 0.3) is 6.08 Å². The summed E-state index contributed by atoms with van der Waals surface area (Å²) < 4.78 is 22.3. The fourth-order valence-corrected chi connectivity index (χ4v) is 4.32. The molecule has 0 spiro atoms. The molecule has 2 heterocycles. The number of ketones is 1. The number of likely N-dealkylation sites (N-methyl/N-ethyl adjacent to an activating group) is 1. The van der Waals surface area contributed by atoms with Crippen molar-refractivity contribution in [3.63, 3.8) is 0 Å². The number of nitrogens with zero attached hydrogens (tertiary/aromatic N) is 2. The summed E-state index contributed by atoms with van der Waals surface area (Å²) >= 11 is 0. The molecule has 0 aromatic heterocycles. The third-order valence-corrected chi connectivity index (χ3v) is 6.23. The van der Waals surface area contributed by atoms with E-state index >= 15 is 0 Å². The Labute approximate surface area is 193 Å². The van der Waals surface area contributed by atoms with E-state index in [9.17, 15) is 9.90 Å². The molecule has 176 valence electrons. The number of methoxy groups -OCH3 is 3. The SMILES string of the molecule is CCN1CCN(Cc2c(O)ccc3c2OC(=Cc2ccc(OC)c(OC)c2OC)C3=O)CC1. The summed E-state index contributed by atoms with van der Waals surface area (Å²) in [6, 6.07) is 6.70. The van der Waals surface area contributed by atoms with Crippen molar-refractivity contribution in [1.82, 2.24) is 9.80 Å². The highest BCUT2D eigenvalue weighted by molar-refractivity contribution is 6.15. The van der Waals surface area contributed by atoms with Gasteiger partial charge < -0.3 is 29.0 Å². The summed E-state index contributed by atoms with van der Waals surface area (Å²) in [5.41, 5.74) is 1.70. The van der Waals surface area contributed by atoms with Gasteiger partial charge in [0.2, 0.25) is 11.5 Å². The van der Waals surface area contributed by atoms with E-state index in [0.717, 1.165) is 32.7 Å². The molecule has 2 aliphatic rings. The lowest BCUT2D eigenvalue weighted by atomic mass is 10.0. The van der Waals surface area contributed by atoms with Gasteiger partial charge in [-0.1, -0.05) is 6.92 Å². The zero-order chi connectivity index (χ0) is 23.5. The number of aromatic hydroxyl groups is 1. The molecule has 8 nitrogen and oxygen atoms in total. The lowest BCUT2D eigenvalue weighted by Gasteiger charge is -2.34. The predicted molar refractivity (Wildman–Crippen MR) is 125 cm³/mol. The third-order valence-electron chi connectivity index (χ3n) is 6.23. The maximum Gasteiger partial charge on any atom is 0.231 e. The first-order valence-corrected chi connectivity index (χ1v) is 11.0. The molecule has 2 aromatic carbocycles. The molecule has 0 unspecified atom stereocenters.